The normalized spacial score (nSPS) is 29.5. The van der Waals surface area contributed by atoms with Crippen LogP contribution in [0.5, 0.6) is 34.9 Å². The number of carbonyl (C=O) groups is 6. The zero-order valence-corrected chi connectivity index (χ0v) is 87.1. The van der Waals surface area contributed by atoms with Crippen molar-refractivity contribution >= 4 is 87.6 Å². The zero-order chi connectivity index (χ0) is 98.3. The monoisotopic (exact) mass is 2050 g/mol. The minimum absolute atomic E-state index is 0. The molecule has 3 saturated heterocycles. The third kappa shape index (κ3) is 25.2. The Hall–Kier alpha value is -8.33. The molecule has 3 aliphatic carbocycles. The van der Waals surface area contributed by atoms with Gasteiger partial charge < -0.3 is 76.5 Å². The molecule has 0 spiro atoms. The van der Waals surface area contributed by atoms with Gasteiger partial charge in [-0.3, -0.25) is 28.8 Å². The van der Waals surface area contributed by atoms with Gasteiger partial charge in [0.05, 0.1) is 118 Å². The standard InChI is InChI=1S/C35H48N3O7.C34H43F3N3O6.C34H44F2N3O6.3V/c1-22-29(20-39)38-19-30(22)44-32-27(36-26-15-14-24(43-6)17-28(26)37-32)13-9-7-8-11-23-12-10-16-35(23,21-42-5)45-31(40)18-25(33(38)41)34(2,3)4;1-20-27(19-41)40-18-28(20)45-30-25(38-24-14-13-22(44-5)16-26(24)39-30)12-8-6-7-10-21-11-9-15-33(21,34(35,36)37)46-29(42)17-23(31(40)43)32(2,3)4;1-20-27(19-40)39-18-28(20)44-30-25(37-24-14-13-22(43-5)16-26(24)38-30)12-8-6-7-10-21-11-9-15-34(21,32(35)36)45-29(41)17-23(31(39)42)33(2,3)4;;;/h14-15,17,22-23,25,29-30H,7-13,16,18-19,21H2,1-6H3;13-14,16,20-21,23,27-28H,6-12,15,17-18H2,1-5H3;13-14,16,20-21,23,27-28,32H,6-12,15,17-18H2,1-5H3;;;/q3*-1;;;/t22-,23+,25+,29+,30-,35-;20-,21+,23+,27+,28-,33+;20-,21+,23+,27+,28-,34+;;;/m000.../s1. The van der Waals surface area contributed by atoms with E-state index < -0.39 is 160 Å². The fourth-order valence-corrected chi connectivity index (χ4v) is 22.0. The van der Waals surface area contributed by atoms with Crippen molar-refractivity contribution in [1.29, 1.82) is 0 Å². The molecule has 6 aliphatic heterocycles. The van der Waals surface area contributed by atoms with Crippen molar-refractivity contribution in [2.75, 3.05) is 54.7 Å². The smallest absolute Gasteiger partial charge is 0.428 e. The summed E-state index contributed by atoms with van der Waals surface area (Å²) in [5.74, 6) is -5.67. The van der Waals surface area contributed by atoms with Crippen LogP contribution in [0.4, 0.5) is 22.0 Å². The molecule has 15 rings (SSSR count). The minimum atomic E-state index is -4.75. The molecule has 0 N–H and O–H groups in total. The van der Waals surface area contributed by atoms with Gasteiger partial charge in [0.2, 0.25) is 41.0 Å². The molecule has 3 aromatic carbocycles. The number of alkyl halides is 5. The van der Waals surface area contributed by atoms with Gasteiger partial charge >= 0.3 is 24.1 Å². The van der Waals surface area contributed by atoms with E-state index >= 15 is 0 Å². The molecule has 3 radical (unpaired) electrons. The Morgan fingerprint density at radius 3 is 1.08 bits per heavy atom. The van der Waals surface area contributed by atoms with Crippen LogP contribution in [0.1, 0.15) is 254 Å². The summed E-state index contributed by atoms with van der Waals surface area (Å²) >= 11 is 0. The molecule has 759 valence electrons. The van der Waals surface area contributed by atoms with E-state index in [4.69, 9.17) is 77.3 Å². The van der Waals surface area contributed by atoms with Gasteiger partial charge in [-0.2, -0.15) is 13.2 Å². The van der Waals surface area contributed by atoms with Crippen molar-refractivity contribution in [2.45, 2.75) is 322 Å². The molecule has 36 heteroatoms. The van der Waals surface area contributed by atoms with Gasteiger partial charge in [-0.1, -0.05) is 140 Å². The van der Waals surface area contributed by atoms with E-state index in [-0.39, 0.29) is 131 Å². The van der Waals surface area contributed by atoms with Crippen molar-refractivity contribution in [3.63, 3.8) is 0 Å². The predicted molar refractivity (Wildman–Crippen MR) is 494 cm³/mol. The van der Waals surface area contributed by atoms with Gasteiger partial charge in [0.1, 0.15) is 58.2 Å². The van der Waals surface area contributed by atoms with Gasteiger partial charge in [-0.25, -0.2) is 57.5 Å². The van der Waals surface area contributed by atoms with E-state index in [1.165, 1.54) is 14.7 Å². The van der Waals surface area contributed by atoms with E-state index in [1.54, 1.807) is 80.4 Å². The van der Waals surface area contributed by atoms with Crippen LogP contribution in [-0.4, -0.2) is 220 Å². The maximum atomic E-state index is 14.7. The molecule has 3 aromatic heterocycles. The average Bonchev–Trinajstić information content (AvgIpc) is 1.63. The van der Waals surface area contributed by atoms with E-state index in [1.807, 2.05) is 98.3 Å². The Kier molecular flexibility index (Phi) is 38.5. The number of benzene rings is 3. The van der Waals surface area contributed by atoms with Gasteiger partial charge in [0, 0.05) is 98.7 Å². The molecular formula is C103H135F5N9O19V3-3. The topological polar surface area (TPSA) is 333 Å². The summed E-state index contributed by atoms with van der Waals surface area (Å²) in [5.41, 5.74) is -1.40. The van der Waals surface area contributed by atoms with Crippen molar-refractivity contribution in [2.24, 2.45) is 69.5 Å². The summed E-state index contributed by atoms with van der Waals surface area (Å²) in [6.07, 6.45) is 10.1. The maximum Gasteiger partial charge on any atom is 0.428 e. The number of nitrogens with zero attached hydrogens (tertiary/aromatic N) is 9. The summed E-state index contributed by atoms with van der Waals surface area (Å²) in [7, 11) is 6.38. The summed E-state index contributed by atoms with van der Waals surface area (Å²) in [6.45, 7) is 22.6. The molecule has 18 atom stereocenters. The number of carbonyl (C=O) groups excluding carboxylic acids is 9. The first-order valence-corrected chi connectivity index (χ1v) is 48.6. The van der Waals surface area contributed by atoms with Crippen LogP contribution in [0.2, 0.25) is 0 Å². The summed E-state index contributed by atoms with van der Waals surface area (Å²) in [6, 6.07) is 13.6. The van der Waals surface area contributed by atoms with E-state index in [2.05, 4.69) is 6.29 Å². The van der Waals surface area contributed by atoms with Crippen LogP contribution in [0.15, 0.2) is 54.6 Å². The number of aromatic nitrogens is 6. The molecule has 139 heavy (non-hydrogen) atoms. The Morgan fingerprint density at radius 2 is 0.734 bits per heavy atom. The van der Waals surface area contributed by atoms with Crippen molar-refractivity contribution in [3.05, 3.63) is 71.7 Å². The van der Waals surface area contributed by atoms with E-state index in [9.17, 15) is 65.1 Å². The number of rotatable bonds is 9. The zero-order valence-electron chi connectivity index (χ0n) is 82.9. The molecule has 3 amide bonds. The second-order valence-electron chi connectivity index (χ2n) is 42.2. The third-order valence-electron chi connectivity index (χ3n) is 30.3. The maximum absolute atomic E-state index is 14.7. The first kappa shape index (κ1) is 113. The summed E-state index contributed by atoms with van der Waals surface area (Å²) in [5, 5.41) is 0. The molecule has 6 bridgehead atoms. The van der Waals surface area contributed by atoms with Gasteiger partial charge in [-0.15, -0.1) is 0 Å². The number of aryl methyl sites for hydroxylation is 3. The minimum Gasteiger partial charge on any atom is -0.540 e. The van der Waals surface area contributed by atoms with Gasteiger partial charge in [-0.05, 0) is 186 Å². The van der Waals surface area contributed by atoms with Crippen molar-refractivity contribution in [3.8, 4) is 34.9 Å². The number of esters is 3. The van der Waals surface area contributed by atoms with Crippen LogP contribution in [0, 0.1) is 69.5 Å². The number of ether oxygens (including phenoxy) is 10. The Bertz CT molecular complexity index is 5300. The molecule has 0 unspecified atom stereocenters. The van der Waals surface area contributed by atoms with Crippen LogP contribution in [0.25, 0.3) is 33.1 Å². The largest absolute Gasteiger partial charge is 0.540 e. The fraction of sp³-hybridized carbons (Fsp3) is 0.680. The Balaban J connectivity index is 0.000000213. The van der Waals surface area contributed by atoms with Gasteiger partial charge in [0.25, 0.3) is 6.43 Å². The van der Waals surface area contributed by atoms with Gasteiger partial charge in [0.15, 0.2) is 5.60 Å². The fourth-order valence-electron chi connectivity index (χ4n) is 22.0. The summed E-state index contributed by atoms with van der Waals surface area (Å²) < 4.78 is 132. The van der Waals surface area contributed by atoms with Crippen LogP contribution >= 0.6 is 0 Å². The van der Waals surface area contributed by atoms with Crippen LogP contribution < -0.4 is 28.4 Å². The predicted octanol–water partition coefficient (Wildman–Crippen LogP) is 17.2. The summed E-state index contributed by atoms with van der Waals surface area (Å²) in [4.78, 5) is 153. The van der Waals surface area contributed by atoms with Crippen molar-refractivity contribution in [1.82, 2.24) is 44.6 Å². The first-order valence-electron chi connectivity index (χ1n) is 48.6. The number of fused-ring (bicyclic) bond motifs is 15. The molecule has 9 aliphatic rings. The number of methoxy groups -OCH3 is 4. The van der Waals surface area contributed by atoms with Crippen LogP contribution in [0.3, 0.4) is 0 Å². The SMILES string of the molecule is COC[C@@]12CCC[C@H]1CCCCCc1nc3ccc(OC)cc3nc1O[C@H]1CN(C(=O)[C@H](C(C)(C)C)CC(=O)O2)[C@H]([C-]=O)[C@@H]1C.COc1ccc2nc3c(nc2c1)O[C@H]1CN(C(=O)[C@H](C(C)(C)C)CC(=O)O[C@]2(C(F)(F)F)CCC[C@H]2CCCCC3)[C@H]([C-]=O)[C@@H]1C.COc1ccc2nc3c(nc2c1)O[C@H]1CN(C(=O)[C@H](C(C)(C)C)CC(=O)O[C@]2(C(F)F)CCC[C@H]2CCCCC3)[C@H]([C-]=O)[C@@H]1C.[V].[V].[V]. The molecule has 28 nitrogen and oxygen atoms in total. The van der Waals surface area contributed by atoms with E-state index in [0.717, 1.165) is 69.0 Å². The van der Waals surface area contributed by atoms with E-state index in [0.29, 0.717) is 152 Å². The molecule has 9 heterocycles. The number of amides is 3. The molecule has 6 fully saturated rings. The number of hydrogen-bond acceptors (Lipinski definition) is 25. The van der Waals surface area contributed by atoms with Crippen LogP contribution in [-0.2, 0) is 137 Å². The molecular weight excluding hydrogens is 1910 g/mol. The first-order chi connectivity index (χ1) is 64.5. The average molecular weight is 2050 g/mol. The molecule has 3 saturated carbocycles. The second-order valence-corrected chi connectivity index (χ2v) is 42.2. The Morgan fingerprint density at radius 1 is 0.410 bits per heavy atom. The Labute approximate surface area is 847 Å². The number of hydrogen-bond donors (Lipinski definition) is 0. The number of halogens is 5. The second kappa shape index (κ2) is 47.5. The van der Waals surface area contributed by atoms with Crippen molar-refractivity contribution < 1.29 is 168 Å². The quantitative estimate of drug-likeness (QED) is 0.0561. The third-order valence-corrected chi connectivity index (χ3v) is 30.3. The molecule has 6 aromatic rings.